The number of benzene rings is 2. The van der Waals surface area contributed by atoms with E-state index in [0.29, 0.717) is 24.5 Å². The van der Waals surface area contributed by atoms with E-state index in [1.54, 1.807) is 6.20 Å². The van der Waals surface area contributed by atoms with Crippen LogP contribution in [0.1, 0.15) is 48.2 Å². The summed E-state index contributed by atoms with van der Waals surface area (Å²) < 4.78 is 39.8. The van der Waals surface area contributed by atoms with Crippen LogP contribution in [0.3, 0.4) is 0 Å². The quantitative estimate of drug-likeness (QED) is 0.393. The van der Waals surface area contributed by atoms with Gasteiger partial charge in [-0.05, 0) is 48.7 Å². The lowest BCUT2D eigenvalue weighted by Crippen LogP contribution is -2.14. The Bertz CT molecular complexity index is 1440. The Balaban J connectivity index is 1.70. The topological polar surface area (TPSA) is 104 Å². The first-order chi connectivity index (χ1) is 16.6. The fourth-order valence-electron chi connectivity index (χ4n) is 4.03. The Morgan fingerprint density at radius 3 is 2.51 bits per heavy atom. The zero-order chi connectivity index (χ0) is 25.2. The molecule has 9 heteroatoms. The van der Waals surface area contributed by atoms with Crippen LogP contribution < -0.4 is 5.14 Å². The van der Waals surface area contributed by atoms with Crippen molar-refractivity contribution in [1.29, 1.82) is 0 Å². The molecular weight excluding hydrogens is 465 g/mol. The summed E-state index contributed by atoms with van der Waals surface area (Å²) >= 11 is 0. The van der Waals surface area contributed by atoms with Gasteiger partial charge in [-0.25, -0.2) is 27.6 Å². The number of hydrogen-bond acceptors (Lipinski definition) is 5. The van der Waals surface area contributed by atoms with Gasteiger partial charge >= 0.3 is 0 Å². The van der Waals surface area contributed by atoms with Crippen LogP contribution in [0.2, 0.25) is 0 Å². The van der Waals surface area contributed by atoms with Crippen molar-refractivity contribution in [1.82, 2.24) is 19.7 Å². The molecule has 0 aliphatic rings. The minimum absolute atomic E-state index is 0.115. The van der Waals surface area contributed by atoms with Crippen molar-refractivity contribution in [2.45, 2.75) is 44.4 Å². The van der Waals surface area contributed by atoms with E-state index >= 15 is 4.39 Å². The van der Waals surface area contributed by atoms with Crippen LogP contribution in [0, 0.1) is 18.7 Å². The number of aryl methyl sites for hydroxylation is 1. The summed E-state index contributed by atoms with van der Waals surface area (Å²) in [5, 5.41) is 9.79. The van der Waals surface area contributed by atoms with E-state index in [1.165, 1.54) is 16.8 Å². The molecule has 0 fully saturated rings. The summed E-state index contributed by atoms with van der Waals surface area (Å²) in [6, 6.07) is 17.4. The molecule has 35 heavy (non-hydrogen) atoms. The predicted molar refractivity (Wildman–Crippen MR) is 132 cm³/mol. The van der Waals surface area contributed by atoms with Crippen LogP contribution in [0.15, 0.2) is 71.8 Å². The van der Waals surface area contributed by atoms with Crippen LogP contribution >= 0.6 is 0 Å². The molecule has 2 aromatic heterocycles. The second-order valence-corrected chi connectivity index (χ2v) is 10.5. The monoisotopic (exact) mass is 493 g/mol. The number of aromatic nitrogens is 4. The number of pyridine rings is 1. The minimum atomic E-state index is -4.03. The Hall–Kier alpha value is -3.43. The maximum absolute atomic E-state index is 15.1. The third-order valence-corrected chi connectivity index (χ3v) is 7.06. The number of nitrogens with two attached hydrogens (primary N) is 1. The fraction of sp³-hybridized carbons (Fsp3) is 0.269. The largest absolute Gasteiger partial charge is 0.261 e. The number of sulfonamides is 1. The van der Waals surface area contributed by atoms with Crippen molar-refractivity contribution >= 4 is 10.0 Å². The average Bonchev–Trinajstić information content (AvgIpc) is 3.20. The number of primary sulfonamides is 1. The van der Waals surface area contributed by atoms with Gasteiger partial charge in [0.2, 0.25) is 10.0 Å². The van der Waals surface area contributed by atoms with Crippen LogP contribution in [-0.4, -0.2) is 28.2 Å². The normalized spacial score (nSPS) is 13.5. The molecule has 2 N–H and O–H groups in total. The van der Waals surface area contributed by atoms with Gasteiger partial charge < -0.3 is 0 Å². The van der Waals surface area contributed by atoms with Gasteiger partial charge in [-0.3, -0.25) is 4.98 Å². The van der Waals surface area contributed by atoms with E-state index in [2.05, 4.69) is 23.9 Å². The molecule has 0 spiro atoms. The third kappa shape index (κ3) is 5.80. The molecule has 4 rings (SSSR count). The summed E-state index contributed by atoms with van der Waals surface area (Å²) in [6.07, 6.45) is 2.79. The van der Waals surface area contributed by atoms with Gasteiger partial charge in [-0.15, -0.1) is 0 Å². The van der Waals surface area contributed by atoms with E-state index in [4.69, 9.17) is 10.1 Å². The molecule has 0 amide bonds. The van der Waals surface area contributed by atoms with Gasteiger partial charge in [0.25, 0.3) is 0 Å². The van der Waals surface area contributed by atoms with Gasteiger partial charge in [-0.2, -0.15) is 5.10 Å². The van der Waals surface area contributed by atoms with Crippen molar-refractivity contribution in [2.24, 2.45) is 11.1 Å². The fourth-order valence-corrected chi connectivity index (χ4v) is 4.55. The summed E-state index contributed by atoms with van der Waals surface area (Å²) in [5.41, 5.74) is 3.23. The molecule has 0 aliphatic heterocycles. The first-order valence-electron chi connectivity index (χ1n) is 11.4. The van der Waals surface area contributed by atoms with Crippen LogP contribution in [0.4, 0.5) is 4.39 Å². The Morgan fingerprint density at radius 1 is 1.06 bits per heavy atom. The molecule has 0 bridgehead atoms. The Morgan fingerprint density at radius 2 is 1.86 bits per heavy atom. The highest BCUT2D eigenvalue weighted by Gasteiger charge is 2.22. The lowest BCUT2D eigenvalue weighted by atomic mass is 9.89. The van der Waals surface area contributed by atoms with Gasteiger partial charge in [0, 0.05) is 30.7 Å². The van der Waals surface area contributed by atoms with Crippen molar-refractivity contribution < 1.29 is 12.8 Å². The second-order valence-electron chi connectivity index (χ2n) is 8.90. The average molecular weight is 494 g/mol. The van der Waals surface area contributed by atoms with Crippen molar-refractivity contribution in [3.8, 4) is 5.69 Å². The number of halogens is 1. The number of hydrogen-bond donors (Lipinski definition) is 1. The summed E-state index contributed by atoms with van der Waals surface area (Å²) in [5.74, 6) is 0.758. The van der Waals surface area contributed by atoms with Gasteiger partial charge in [-0.1, -0.05) is 49.7 Å². The molecule has 2 atom stereocenters. The molecule has 4 aromatic rings. The highest BCUT2D eigenvalue weighted by molar-refractivity contribution is 7.89. The molecule has 182 valence electrons. The first kappa shape index (κ1) is 24.7. The third-order valence-electron chi connectivity index (χ3n) is 6.15. The van der Waals surface area contributed by atoms with E-state index in [9.17, 15) is 8.42 Å². The highest BCUT2D eigenvalue weighted by Crippen LogP contribution is 2.26. The molecule has 2 unspecified atom stereocenters. The van der Waals surface area contributed by atoms with E-state index in [-0.39, 0.29) is 22.4 Å². The lowest BCUT2D eigenvalue weighted by Gasteiger charge is -2.17. The molecule has 2 heterocycles. The maximum Gasteiger partial charge on any atom is 0.238 e. The molecule has 0 aliphatic carbocycles. The smallest absolute Gasteiger partial charge is 0.238 e. The van der Waals surface area contributed by atoms with E-state index < -0.39 is 15.8 Å². The van der Waals surface area contributed by atoms with Gasteiger partial charge in [0.15, 0.2) is 5.82 Å². The van der Waals surface area contributed by atoms with Gasteiger partial charge in [0.1, 0.15) is 17.3 Å². The lowest BCUT2D eigenvalue weighted by molar-refractivity contribution is 0.465. The summed E-state index contributed by atoms with van der Waals surface area (Å²) in [6.45, 7) is 6.23. The summed E-state index contributed by atoms with van der Waals surface area (Å²) in [7, 11) is -4.03. The number of nitrogens with zero attached hydrogens (tertiary/aromatic N) is 4. The highest BCUT2D eigenvalue weighted by atomic mass is 32.2. The molecule has 0 saturated heterocycles. The number of rotatable bonds is 8. The molecular formula is C26H28FN5O2S. The Kier molecular flexibility index (Phi) is 7.09. The zero-order valence-corrected chi connectivity index (χ0v) is 20.7. The van der Waals surface area contributed by atoms with Crippen molar-refractivity contribution in [2.75, 3.05) is 0 Å². The Labute approximate surface area is 204 Å². The molecule has 7 nitrogen and oxygen atoms in total. The molecule has 0 radical (unpaired) electrons. The van der Waals surface area contributed by atoms with Crippen LogP contribution in [0.5, 0.6) is 0 Å². The van der Waals surface area contributed by atoms with Gasteiger partial charge in [0.05, 0.1) is 4.90 Å². The standard InChI is InChI=1S/C26H28FN5O2S/c1-17-7-6-8-20(13-17)15-26-30-25(14-18(2)19(3)23-9-4-5-12-29-23)31-32(26)24-11-10-21(16-22(24)27)35(28,33)34/h4-13,16,18-19H,14-15H2,1-3H3,(H2,28,33,34). The second kappa shape index (κ2) is 10.1. The molecule has 0 saturated carbocycles. The van der Waals surface area contributed by atoms with Crippen LogP contribution in [-0.2, 0) is 22.9 Å². The summed E-state index contributed by atoms with van der Waals surface area (Å²) in [4.78, 5) is 8.93. The van der Waals surface area contributed by atoms with Crippen molar-refractivity contribution in [3.05, 3.63) is 101 Å². The first-order valence-corrected chi connectivity index (χ1v) is 12.9. The maximum atomic E-state index is 15.1. The van der Waals surface area contributed by atoms with Crippen molar-refractivity contribution in [3.63, 3.8) is 0 Å². The SMILES string of the molecule is Cc1cccc(Cc2nc(CC(C)C(C)c3ccccn3)nn2-c2ccc(S(N)(=O)=O)cc2F)c1. The molecule has 2 aromatic carbocycles. The van der Waals surface area contributed by atoms with Crippen LogP contribution in [0.25, 0.3) is 5.69 Å². The predicted octanol–water partition coefficient (Wildman–Crippen LogP) is 4.33. The van der Waals surface area contributed by atoms with E-state index in [1.807, 2.05) is 49.4 Å². The minimum Gasteiger partial charge on any atom is -0.261 e. The van der Waals surface area contributed by atoms with E-state index in [0.717, 1.165) is 22.9 Å². The zero-order valence-electron chi connectivity index (χ0n) is 19.9.